The first-order chi connectivity index (χ1) is 10.7. The number of amides is 2. The molecule has 2 bridgehead atoms. The molecule has 2 aliphatic rings. The van der Waals surface area contributed by atoms with Crippen molar-refractivity contribution in [1.29, 1.82) is 0 Å². The van der Waals surface area contributed by atoms with E-state index in [1.54, 1.807) is 18.5 Å². The second kappa shape index (κ2) is 5.25. The Labute approximate surface area is 133 Å². The van der Waals surface area contributed by atoms with Gasteiger partial charge in [-0.15, -0.1) is 0 Å². The largest absolute Gasteiger partial charge is 0.322 e. The molecule has 2 aromatic rings. The van der Waals surface area contributed by atoms with Crippen LogP contribution < -0.4 is 5.32 Å². The lowest BCUT2D eigenvalue weighted by atomic mass is 10.00. The SMILES string of the molecule is O=C(Nc1cccc(Cl)c1)N1[C@@H]2CC[C@H]1c1cncnc1C2. The number of rotatable bonds is 1. The topological polar surface area (TPSA) is 58.1 Å². The second-order valence-corrected chi connectivity index (χ2v) is 6.16. The van der Waals surface area contributed by atoms with E-state index in [4.69, 9.17) is 11.6 Å². The van der Waals surface area contributed by atoms with Gasteiger partial charge in [0.15, 0.2) is 0 Å². The van der Waals surface area contributed by atoms with Gasteiger partial charge in [0.2, 0.25) is 0 Å². The molecular formula is C16H15ClN4O. The molecule has 5 nitrogen and oxygen atoms in total. The number of benzene rings is 1. The molecule has 0 radical (unpaired) electrons. The van der Waals surface area contributed by atoms with Crippen molar-refractivity contribution >= 4 is 23.3 Å². The van der Waals surface area contributed by atoms with Crippen LogP contribution in [0.1, 0.15) is 30.1 Å². The standard InChI is InChI=1S/C16H15ClN4O/c17-10-2-1-3-11(6-10)20-16(22)21-12-4-5-15(21)13-8-18-9-19-14(13)7-12/h1-3,6,8-9,12,15H,4-5,7H2,(H,20,22)/t12-,15+/m1/s1. The van der Waals surface area contributed by atoms with Gasteiger partial charge < -0.3 is 10.2 Å². The first kappa shape index (κ1) is 13.5. The highest BCUT2D eigenvalue weighted by atomic mass is 35.5. The number of nitrogens with zero attached hydrogens (tertiary/aromatic N) is 3. The normalized spacial score (nSPS) is 22.3. The van der Waals surface area contributed by atoms with Crippen LogP contribution in [-0.4, -0.2) is 26.9 Å². The summed E-state index contributed by atoms with van der Waals surface area (Å²) >= 11 is 5.97. The monoisotopic (exact) mass is 314 g/mol. The van der Waals surface area contributed by atoms with Crippen LogP contribution in [0.5, 0.6) is 0 Å². The molecule has 1 aromatic carbocycles. The number of anilines is 1. The first-order valence-corrected chi connectivity index (χ1v) is 7.74. The van der Waals surface area contributed by atoms with Crippen LogP contribution in [-0.2, 0) is 6.42 Å². The van der Waals surface area contributed by atoms with Crippen LogP contribution in [0.25, 0.3) is 0 Å². The smallest absolute Gasteiger partial charge is 0.314 e. The molecule has 1 N–H and O–H groups in total. The van der Waals surface area contributed by atoms with Crippen molar-refractivity contribution in [3.8, 4) is 0 Å². The molecule has 1 saturated heterocycles. The fourth-order valence-electron chi connectivity index (χ4n) is 3.49. The fourth-order valence-corrected chi connectivity index (χ4v) is 3.68. The van der Waals surface area contributed by atoms with E-state index >= 15 is 0 Å². The predicted molar refractivity (Wildman–Crippen MR) is 83.8 cm³/mol. The highest BCUT2D eigenvalue weighted by molar-refractivity contribution is 6.30. The number of hydrogen-bond donors (Lipinski definition) is 1. The van der Waals surface area contributed by atoms with Gasteiger partial charge in [-0.05, 0) is 31.0 Å². The third kappa shape index (κ3) is 2.22. The Kier molecular flexibility index (Phi) is 3.22. The molecule has 2 atom stereocenters. The fraction of sp³-hybridized carbons (Fsp3) is 0.312. The molecular weight excluding hydrogens is 300 g/mol. The van der Waals surface area contributed by atoms with E-state index in [2.05, 4.69) is 15.3 Å². The quantitative estimate of drug-likeness (QED) is 0.877. The van der Waals surface area contributed by atoms with Crippen molar-refractivity contribution in [2.75, 3.05) is 5.32 Å². The Balaban J connectivity index is 1.60. The highest BCUT2D eigenvalue weighted by Crippen LogP contribution is 2.42. The van der Waals surface area contributed by atoms with Gasteiger partial charge in [0.05, 0.1) is 11.7 Å². The maximum atomic E-state index is 12.7. The van der Waals surface area contributed by atoms with Gasteiger partial charge in [-0.25, -0.2) is 14.8 Å². The number of nitrogens with one attached hydrogen (secondary N) is 1. The maximum Gasteiger partial charge on any atom is 0.322 e. The minimum absolute atomic E-state index is 0.0779. The Morgan fingerprint density at radius 2 is 2.27 bits per heavy atom. The number of carbonyl (C=O) groups is 1. The third-order valence-electron chi connectivity index (χ3n) is 4.43. The lowest BCUT2D eigenvalue weighted by Crippen LogP contribution is -2.44. The molecule has 112 valence electrons. The summed E-state index contributed by atoms with van der Waals surface area (Å²) in [5, 5.41) is 3.56. The maximum absolute atomic E-state index is 12.7. The van der Waals surface area contributed by atoms with Crippen LogP contribution in [0.15, 0.2) is 36.8 Å². The van der Waals surface area contributed by atoms with Crippen LogP contribution in [0.3, 0.4) is 0 Å². The number of carbonyl (C=O) groups excluding carboxylic acids is 1. The summed E-state index contributed by atoms with van der Waals surface area (Å²) in [5.74, 6) is 0. The van der Waals surface area contributed by atoms with Crippen LogP contribution in [0.2, 0.25) is 5.02 Å². The molecule has 0 aliphatic carbocycles. The van der Waals surface area contributed by atoms with E-state index in [1.807, 2.05) is 23.2 Å². The third-order valence-corrected chi connectivity index (χ3v) is 4.66. The number of fused-ring (bicyclic) bond motifs is 4. The second-order valence-electron chi connectivity index (χ2n) is 5.72. The summed E-state index contributed by atoms with van der Waals surface area (Å²) in [4.78, 5) is 23.1. The van der Waals surface area contributed by atoms with E-state index in [0.717, 1.165) is 30.5 Å². The van der Waals surface area contributed by atoms with Gasteiger partial charge in [0, 0.05) is 34.9 Å². The van der Waals surface area contributed by atoms with Crippen LogP contribution in [0, 0.1) is 0 Å². The van der Waals surface area contributed by atoms with Crippen LogP contribution in [0.4, 0.5) is 10.5 Å². The molecule has 6 heteroatoms. The molecule has 0 spiro atoms. The zero-order chi connectivity index (χ0) is 15.1. The van der Waals surface area contributed by atoms with Gasteiger partial charge in [-0.3, -0.25) is 0 Å². The lowest BCUT2D eigenvalue weighted by Gasteiger charge is -2.35. The Hall–Kier alpha value is -2.14. The summed E-state index contributed by atoms with van der Waals surface area (Å²) in [6.45, 7) is 0. The summed E-state index contributed by atoms with van der Waals surface area (Å²) in [6.07, 6.45) is 6.20. The molecule has 3 heterocycles. The van der Waals surface area contributed by atoms with Gasteiger partial charge in [0.1, 0.15) is 6.33 Å². The zero-order valence-corrected chi connectivity index (χ0v) is 12.6. The number of urea groups is 1. The van der Waals surface area contributed by atoms with Gasteiger partial charge in [0.25, 0.3) is 0 Å². The lowest BCUT2D eigenvalue weighted by molar-refractivity contribution is 0.178. The van der Waals surface area contributed by atoms with Gasteiger partial charge in [-0.2, -0.15) is 0 Å². The van der Waals surface area contributed by atoms with Crippen molar-refractivity contribution in [3.63, 3.8) is 0 Å². The highest BCUT2D eigenvalue weighted by Gasteiger charge is 2.43. The van der Waals surface area contributed by atoms with E-state index in [9.17, 15) is 4.79 Å². The summed E-state index contributed by atoms with van der Waals surface area (Å²) in [6, 6.07) is 7.42. The van der Waals surface area contributed by atoms with E-state index in [-0.39, 0.29) is 18.1 Å². The molecule has 0 saturated carbocycles. The average Bonchev–Trinajstić information content (AvgIpc) is 2.83. The van der Waals surface area contributed by atoms with Crippen molar-refractivity contribution in [3.05, 3.63) is 53.1 Å². The van der Waals surface area contributed by atoms with Gasteiger partial charge >= 0.3 is 6.03 Å². The molecule has 2 amide bonds. The molecule has 22 heavy (non-hydrogen) atoms. The number of aromatic nitrogens is 2. The zero-order valence-electron chi connectivity index (χ0n) is 11.9. The Morgan fingerprint density at radius 3 is 3.14 bits per heavy atom. The van der Waals surface area contributed by atoms with E-state index < -0.39 is 0 Å². The Morgan fingerprint density at radius 1 is 1.36 bits per heavy atom. The minimum atomic E-state index is -0.0794. The number of hydrogen-bond acceptors (Lipinski definition) is 3. The molecule has 1 aromatic heterocycles. The van der Waals surface area contributed by atoms with E-state index in [1.165, 1.54) is 0 Å². The molecule has 1 fully saturated rings. The summed E-state index contributed by atoms with van der Waals surface area (Å²) < 4.78 is 0. The molecule has 2 aliphatic heterocycles. The van der Waals surface area contributed by atoms with Gasteiger partial charge in [-0.1, -0.05) is 17.7 Å². The van der Waals surface area contributed by atoms with Crippen molar-refractivity contribution in [1.82, 2.24) is 14.9 Å². The minimum Gasteiger partial charge on any atom is -0.314 e. The van der Waals surface area contributed by atoms with Crippen LogP contribution >= 0.6 is 11.6 Å². The summed E-state index contributed by atoms with van der Waals surface area (Å²) in [7, 11) is 0. The first-order valence-electron chi connectivity index (χ1n) is 7.36. The molecule has 4 rings (SSSR count). The number of halogens is 1. The van der Waals surface area contributed by atoms with E-state index in [0.29, 0.717) is 10.7 Å². The predicted octanol–water partition coefficient (Wildman–Crippen LogP) is 3.42. The Bertz CT molecular complexity index is 736. The summed E-state index contributed by atoms with van der Waals surface area (Å²) in [5.41, 5.74) is 2.87. The van der Waals surface area contributed by atoms with Crippen molar-refractivity contribution in [2.24, 2.45) is 0 Å². The molecule has 0 unspecified atom stereocenters. The average molecular weight is 315 g/mol. The van der Waals surface area contributed by atoms with Crippen molar-refractivity contribution in [2.45, 2.75) is 31.3 Å². The van der Waals surface area contributed by atoms with Crippen molar-refractivity contribution < 1.29 is 4.79 Å².